The number of hydrogen-bond acceptors (Lipinski definition) is 12. The molecule has 0 aliphatic rings. The van der Waals surface area contributed by atoms with E-state index in [0.29, 0.717) is 16.2 Å². The minimum absolute atomic E-state index is 0.0199. The van der Waals surface area contributed by atoms with Gasteiger partial charge in [-0.2, -0.15) is 0 Å². The summed E-state index contributed by atoms with van der Waals surface area (Å²) in [4.78, 5) is 50.7. The molecule has 0 aliphatic heterocycles. The van der Waals surface area contributed by atoms with Gasteiger partial charge in [0.15, 0.2) is 0 Å². The quantitative estimate of drug-likeness (QED) is 0.151. The maximum absolute atomic E-state index is 8.04. The first-order chi connectivity index (χ1) is 51.1. The number of nitrogens with zero attached hydrogens (tertiary/aromatic N) is 12. The van der Waals surface area contributed by atoms with E-state index in [4.69, 9.17) is 76.5 Å². The minimum atomic E-state index is -0.441. The normalized spacial score (nSPS) is 11.4. The fraction of sp³-hybridized carbons (Fsp3) is 0.0602. The number of hydrogen-bond donors (Lipinski definition) is 0. The Morgan fingerprint density at radius 3 is 0.911 bits per heavy atom. The number of aryl methyl sites for hydroxylation is 5. The predicted octanol–water partition coefficient (Wildman–Crippen LogP) is 23.6. The van der Waals surface area contributed by atoms with Crippen molar-refractivity contribution in [3.05, 3.63) is 333 Å². The Morgan fingerprint density at radius 2 is 0.515 bits per heavy atom. The molecule has 0 saturated carbocycles. The van der Waals surface area contributed by atoms with Crippen LogP contribution in [0.5, 0.6) is 0 Å². The van der Waals surface area contributed by atoms with Crippen LogP contribution in [-0.4, -0.2) is 59.8 Å². The van der Waals surface area contributed by atoms with Crippen LogP contribution in [0.3, 0.4) is 0 Å². The summed E-state index contributed by atoms with van der Waals surface area (Å²) in [7, 11) is 0. The van der Waals surface area contributed by atoms with Crippen molar-refractivity contribution < 1.29 is 6.85 Å². The fourth-order valence-electron chi connectivity index (χ4n) is 11.1. The highest BCUT2D eigenvalue weighted by molar-refractivity contribution is 6.30. The molecule has 12 nitrogen and oxygen atoms in total. The number of halogens is 6. The van der Waals surface area contributed by atoms with Gasteiger partial charge in [-0.3, -0.25) is 0 Å². The third-order valence-corrected chi connectivity index (χ3v) is 16.6. The van der Waals surface area contributed by atoms with E-state index in [0.717, 1.165) is 105 Å². The fourth-order valence-corrected chi connectivity index (χ4v) is 12.2. The molecule has 11 aromatic carbocycles. The summed E-state index contributed by atoms with van der Waals surface area (Å²) in [6.07, 6.45) is 0. The zero-order chi connectivity index (χ0) is 74.7. The van der Waals surface area contributed by atoms with Gasteiger partial charge in [0.2, 0.25) is 31.7 Å². The van der Waals surface area contributed by atoms with Gasteiger partial charge in [-0.05, 0) is 159 Å². The van der Waals surface area contributed by atoms with E-state index in [1.807, 2.05) is 171 Å². The van der Waals surface area contributed by atoms with E-state index in [1.165, 1.54) is 22.3 Å². The van der Waals surface area contributed by atoms with Gasteiger partial charge in [0, 0.05) is 60.1 Å². The average Bonchev–Trinajstić information content (AvgIpc) is 0.784. The Labute approximate surface area is 620 Å². The molecule has 0 bridgehead atoms. The molecule has 0 unspecified atom stereocenters. The van der Waals surface area contributed by atoms with Crippen LogP contribution in [0.2, 0.25) is 31.7 Å². The van der Waals surface area contributed by atoms with Crippen molar-refractivity contribution >= 4 is 135 Å². The van der Waals surface area contributed by atoms with Crippen LogP contribution in [0.1, 0.15) is 34.8 Å². The van der Waals surface area contributed by atoms with Crippen molar-refractivity contribution in [1.82, 2.24) is 59.8 Å². The summed E-state index contributed by atoms with van der Waals surface area (Å²) < 4.78 is 39.3. The van der Waals surface area contributed by atoms with Crippen molar-refractivity contribution in [1.29, 1.82) is 0 Å². The summed E-state index contributed by atoms with van der Waals surface area (Å²) in [6, 6.07) is 77.4. The van der Waals surface area contributed by atoms with E-state index in [2.05, 4.69) is 142 Å². The van der Waals surface area contributed by atoms with Crippen molar-refractivity contribution in [2.45, 2.75) is 34.6 Å². The summed E-state index contributed by atoms with van der Waals surface area (Å²) >= 11 is 35.6. The molecule has 0 radical (unpaired) electrons. The third kappa shape index (κ3) is 17.8. The third-order valence-electron chi connectivity index (χ3n) is 15.5. The van der Waals surface area contributed by atoms with Crippen LogP contribution in [0.15, 0.2) is 273 Å². The van der Waals surface area contributed by atoms with E-state index in [1.54, 1.807) is 24.3 Å². The number of rotatable bonds is 5. The first-order valence-corrected chi connectivity index (χ1v) is 33.8. The monoisotopic (exact) mass is 1440 g/mol. The number of aromatic nitrogens is 12. The second kappa shape index (κ2) is 32.9. The summed E-state index contributed by atoms with van der Waals surface area (Å²) in [5, 5.41) is 7.11. The van der Waals surface area contributed by atoms with Crippen molar-refractivity contribution in [3.63, 3.8) is 0 Å². The van der Waals surface area contributed by atoms with Crippen LogP contribution < -0.4 is 0 Å². The Bertz CT molecular complexity index is 6060. The molecule has 0 amide bonds. The highest BCUT2D eigenvalue weighted by atomic mass is 35.5. The molecule has 0 N–H and O–H groups in total. The molecule has 0 aliphatic carbocycles. The van der Waals surface area contributed by atoms with Crippen molar-refractivity contribution in [3.8, 4) is 56.3 Å². The zero-order valence-electron chi connectivity index (χ0n) is 59.7. The topological polar surface area (TPSA) is 155 Å². The van der Waals surface area contributed by atoms with Crippen LogP contribution in [0, 0.1) is 34.6 Å². The number of fused-ring (bicyclic) bond motifs is 6. The summed E-state index contributed by atoms with van der Waals surface area (Å²) in [6.45, 7) is 10.2. The zero-order valence-corrected chi connectivity index (χ0v) is 59.3. The second-order valence-corrected chi connectivity index (χ2v) is 24.9. The van der Waals surface area contributed by atoms with E-state index in [9.17, 15) is 0 Å². The lowest BCUT2D eigenvalue weighted by molar-refractivity contribution is 1.15. The Balaban J connectivity index is 0.000000120. The predicted molar refractivity (Wildman–Crippen MR) is 418 cm³/mol. The van der Waals surface area contributed by atoms with Gasteiger partial charge in [0.05, 0.1) is 74.1 Å². The van der Waals surface area contributed by atoms with Crippen LogP contribution in [-0.2, 0) is 0 Å². The highest BCUT2D eigenvalue weighted by Gasteiger charge is 2.14. The summed E-state index contributed by atoms with van der Waals surface area (Å²) in [5.41, 5.74) is 18.7. The molecule has 6 heterocycles. The number of benzene rings is 11. The Morgan fingerprint density at radius 1 is 0.218 bits per heavy atom. The van der Waals surface area contributed by atoms with Crippen molar-refractivity contribution in [2.75, 3.05) is 0 Å². The number of para-hydroxylation sites is 6. The minimum Gasteiger partial charge on any atom is -0.223 e. The van der Waals surface area contributed by atoms with Gasteiger partial charge in [0.1, 0.15) is 0 Å². The molecule has 0 saturated heterocycles. The Kier molecular flexibility index (Phi) is 20.7. The first-order valence-electron chi connectivity index (χ1n) is 34.0. The molecular formula is C83H60Cl6N12. The molecule has 17 aromatic rings. The van der Waals surface area contributed by atoms with Gasteiger partial charge < -0.3 is 0 Å². The van der Waals surface area contributed by atoms with Crippen LogP contribution >= 0.6 is 69.6 Å². The standard InChI is InChI=1S/C16H13ClN2.2C15H11ClN2.2C14H9ClN2.C9H7ClN2/c1-10-7-11(2)9-12(8-10)15-13-5-3-4-6-14(13)18-16(17)19-15;1-10-5-4-6-11(9-10)14-12-7-2-3-8-13(12)17-15(16)18-14;1-10-6-8-11(9-7-10)14-12-4-2-3-5-13(12)17-15(16)18-14;2*15-14-16-12-9-5-4-8-11(12)13(17-14)10-6-2-1-3-7-10;1-6-7-4-2-3-5-8(7)12-9(10)11-6/h3-9H,1-2H3;2*2-9H,1H3;2*1-9H;2-5H,1H3/i;;;1D,2D,3D,6D,7D;;. The summed E-state index contributed by atoms with van der Waals surface area (Å²) in [5.74, 6) is 0. The average molecular weight is 1440 g/mol. The SMILES string of the molecule is Cc1cc(C)cc(-c2nc(Cl)nc3ccccc23)c1.Cc1ccc(-c2nc(Cl)nc3ccccc23)cc1.Cc1cccc(-c2nc(Cl)nc3ccccc23)c1.Cc1nc(Cl)nc2ccccc12.Clc1nc(-c2ccccc2)c2ccccc2n1.[2H]c1c([2H])c([2H])c(-c2nc(Cl)nc3ccccc23)c([2H])c1[2H]. The molecule has 18 heteroatoms. The first kappa shape index (κ1) is 63.6. The molecule has 101 heavy (non-hydrogen) atoms. The van der Waals surface area contributed by atoms with Crippen molar-refractivity contribution in [2.24, 2.45) is 0 Å². The molecular weight excluding hydrogens is 1380 g/mol. The van der Waals surface area contributed by atoms with Gasteiger partial charge in [-0.25, -0.2) is 59.8 Å². The van der Waals surface area contributed by atoms with Gasteiger partial charge in [-0.1, -0.05) is 241 Å². The molecule has 0 fully saturated rings. The molecule has 494 valence electrons. The maximum Gasteiger partial charge on any atom is 0.223 e. The largest absolute Gasteiger partial charge is 0.223 e. The van der Waals surface area contributed by atoms with Gasteiger partial charge in [-0.15, -0.1) is 0 Å². The lowest BCUT2D eigenvalue weighted by Crippen LogP contribution is -1.92. The van der Waals surface area contributed by atoms with E-state index in [-0.39, 0.29) is 49.8 Å². The maximum atomic E-state index is 8.04. The molecule has 0 atom stereocenters. The lowest BCUT2D eigenvalue weighted by Gasteiger charge is -2.08. The van der Waals surface area contributed by atoms with Gasteiger partial charge >= 0.3 is 0 Å². The van der Waals surface area contributed by atoms with Crippen LogP contribution in [0.4, 0.5) is 0 Å². The Hall–Kier alpha value is -10.8. The van der Waals surface area contributed by atoms with E-state index < -0.39 is 18.1 Å². The lowest BCUT2D eigenvalue weighted by atomic mass is 10.0. The molecule has 0 spiro atoms. The molecule has 17 rings (SSSR count). The molecule has 6 aromatic heterocycles. The van der Waals surface area contributed by atoms with Gasteiger partial charge in [0.25, 0.3) is 0 Å². The van der Waals surface area contributed by atoms with E-state index >= 15 is 0 Å². The second-order valence-electron chi connectivity index (χ2n) is 22.9. The smallest absolute Gasteiger partial charge is 0.223 e. The van der Waals surface area contributed by atoms with Crippen LogP contribution in [0.25, 0.3) is 122 Å². The highest BCUT2D eigenvalue weighted by Crippen LogP contribution is 2.33.